The van der Waals surface area contributed by atoms with Crippen LogP contribution in [0.2, 0.25) is 0 Å². The van der Waals surface area contributed by atoms with E-state index >= 15 is 0 Å². The van der Waals surface area contributed by atoms with Gasteiger partial charge in [0.1, 0.15) is 5.52 Å². The van der Waals surface area contributed by atoms with E-state index in [1.165, 1.54) is 11.3 Å². The van der Waals surface area contributed by atoms with Crippen LogP contribution < -0.4 is 25.0 Å². The first-order valence-corrected chi connectivity index (χ1v) is 16.2. The number of hydrogen-bond donors (Lipinski definition) is 4. The van der Waals surface area contributed by atoms with Crippen molar-refractivity contribution in [2.75, 3.05) is 36.7 Å². The second kappa shape index (κ2) is 13.2. The third kappa shape index (κ3) is 8.38. The van der Waals surface area contributed by atoms with Crippen molar-refractivity contribution in [2.24, 2.45) is 7.05 Å². The molecule has 1 aliphatic rings. The number of amides is 1. The lowest BCUT2D eigenvalue weighted by Crippen LogP contribution is -2.54. The number of ether oxygens (including phenoxy) is 1. The summed E-state index contributed by atoms with van der Waals surface area (Å²) in [7, 11) is -0.0447. The van der Waals surface area contributed by atoms with Crippen molar-refractivity contribution >= 4 is 65.7 Å². The Labute approximate surface area is 260 Å². The zero-order chi connectivity index (χ0) is 33.3. The maximum absolute atomic E-state index is 13.5. The molecule has 1 amide bonds. The van der Waals surface area contributed by atoms with E-state index in [1.54, 1.807) is 31.0 Å². The molecule has 1 aliphatic heterocycles. The molecule has 5 rings (SSSR count). The molecule has 13 nitrogen and oxygen atoms in total. The van der Waals surface area contributed by atoms with Crippen LogP contribution in [0.15, 0.2) is 30.5 Å². The summed E-state index contributed by atoms with van der Waals surface area (Å²) in [6.07, 6.45) is -2.16. The summed E-state index contributed by atoms with van der Waals surface area (Å²) in [5.41, 5.74) is 3.90. The number of anilines is 2. The molecule has 2 atom stereocenters. The van der Waals surface area contributed by atoms with Gasteiger partial charge in [-0.1, -0.05) is 11.3 Å². The van der Waals surface area contributed by atoms with E-state index in [-0.39, 0.29) is 12.5 Å². The molecule has 4 N–H and O–H groups in total. The lowest BCUT2D eigenvalue weighted by atomic mass is 10.1. The molecule has 2 aromatic heterocycles. The van der Waals surface area contributed by atoms with E-state index in [2.05, 4.69) is 44.2 Å². The van der Waals surface area contributed by atoms with Gasteiger partial charge in [-0.15, -0.1) is 0 Å². The van der Waals surface area contributed by atoms with Crippen LogP contribution in [0.3, 0.4) is 0 Å². The van der Waals surface area contributed by atoms with Crippen LogP contribution in [0.1, 0.15) is 29.8 Å². The summed E-state index contributed by atoms with van der Waals surface area (Å²) in [6, 6.07) is 8.01. The molecular weight excluding hydrogens is 639 g/mol. The minimum atomic E-state index is -5.08. The van der Waals surface area contributed by atoms with Crippen molar-refractivity contribution in [3.8, 4) is 5.19 Å². The van der Waals surface area contributed by atoms with E-state index in [0.717, 1.165) is 35.1 Å². The number of carbonyl (C=O) groups excluding carboxylic acids is 1. The third-order valence-electron chi connectivity index (χ3n) is 6.65. The number of aromatic nitrogens is 3. The Hall–Kier alpha value is -4.00. The number of carboxylic acids is 1. The minimum absolute atomic E-state index is 0.0554. The molecule has 18 heteroatoms. The lowest BCUT2D eigenvalue weighted by Gasteiger charge is -2.37. The second-order valence-electron chi connectivity index (χ2n) is 10.6. The number of nitrogens with zero attached hydrogens (tertiary/aromatic N) is 4. The molecule has 45 heavy (non-hydrogen) atoms. The monoisotopic (exact) mass is 671 g/mol. The number of rotatable bonds is 7. The van der Waals surface area contributed by atoms with E-state index in [9.17, 15) is 26.4 Å². The standard InChI is InChI=1S/C25H31N7O4S2.C2HF3O2/c1-14-11-32(12-15(2)27-14)20-7-6-19(22-23(20)37-25(29-22)36-4)24(33)28-18-8-16(10-26-38(5,34)35)21-17(9-18)13-31(3)30-21;3-2(4,5)1(6)7/h6-9,13-15,26-27H,10-12H2,1-5H3,(H,28,33);(H,6,7)/t14-,15-;/m0./s1. The Bertz CT molecular complexity index is 1830. The Morgan fingerprint density at radius 3 is 2.40 bits per heavy atom. The number of sulfonamides is 1. The molecule has 4 aromatic rings. The molecule has 0 unspecified atom stereocenters. The molecule has 1 fully saturated rings. The van der Waals surface area contributed by atoms with Crippen molar-refractivity contribution < 1.29 is 41.0 Å². The highest BCUT2D eigenvalue weighted by atomic mass is 32.2. The van der Waals surface area contributed by atoms with Crippen molar-refractivity contribution in [3.05, 3.63) is 41.6 Å². The highest BCUT2D eigenvalue weighted by Crippen LogP contribution is 2.38. The summed E-state index contributed by atoms with van der Waals surface area (Å²) in [6.45, 7) is 6.07. The Balaban J connectivity index is 0.000000591. The van der Waals surface area contributed by atoms with Gasteiger partial charge in [0, 0.05) is 56.0 Å². The molecule has 0 radical (unpaired) electrons. The normalized spacial score (nSPS) is 17.2. The van der Waals surface area contributed by atoms with Gasteiger partial charge in [-0.25, -0.2) is 22.9 Å². The first-order chi connectivity index (χ1) is 20.9. The summed E-state index contributed by atoms with van der Waals surface area (Å²) < 4.78 is 65.6. The van der Waals surface area contributed by atoms with Crippen LogP contribution >= 0.6 is 11.3 Å². The topological polar surface area (TPSA) is 168 Å². The summed E-state index contributed by atoms with van der Waals surface area (Å²) in [4.78, 5) is 29.4. The number of halogens is 3. The van der Waals surface area contributed by atoms with Crippen LogP contribution in [-0.2, 0) is 28.4 Å². The van der Waals surface area contributed by atoms with Crippen molar-refractivity contribution in [1.82, 2.24) is 24.8 Å². The first-order valence-electron chi connectivity index (χ1n) is 13.5. The SMILES string of the molecule is COc1nc2c(C(=O)Nc3cc(CNS(C)(=O)=O)c4nn(C)cc4c3)ccc(N3C[C@H](C)N[C@@H](C)C3)c2s1.O=C(O)C(F)(F)F. The lowest BCUT2D eigenvalue weighted by molar-refractivity contribution is -0.192. The fraction of sp³-hybridized carbons (Fsp3) is 0.407. The molecule has 2 aromatic carbocycles. The fourth-order valence-electron chi connectivity index (χ4n) is 4.96. The quantitative estimate of drug-likeness (QED) is 0.229. The number of fused-ring (bicyclic) bond motifs is 2. The van der Waals surface area contributed by atoms with E-state index in [0.29, 0.717) is 45.1 Å². The largest absolute Gasteiger partial charge is 0.490 e. The second-order valence-corrected chi connectivity index (χ2v) is 13.4. The fourth-order valence-corrected chi connectivity index (χ4v) is 6.32. The van der Waals surface area contributed by atoms with Gasteiger partial charge in [0.25, 0.3) is 11.1 Å². The predicted molar refractivity (Wildman–Crippen MR) is 164 cm³/mol. The van der Waals surface area contributed by atoms with Crippen LogP contribution in [0.5, 0.6) is 5.19 Å². The van der Waals surface area contributed by atoms with Gasteiger partial charge >= 0.3 is 12.1 Å². The average molecular weight is 672 g/mol. The summed E-state index contributed by atoms with van der Waals surface area (Å²) in [5.74, 6) is -3.07. The number of carbonyl (C=O) groups is 2. The summed E-state index contributed by atoms with van der Waals surface area (Å²) in [5, 5.41) is 19.4. The molecular formula is C27H32F3N7O6S2. The smallest absolute Gasteiger partial charge is 0.475 e. The Kier molecular flexibility index (Phi) is 9.91. The van der Waals surface area contributed by atoms with Crippen molar-refractivity contribution in [3.63, 3.8) is 0 Å². The van der Waals surface area contributed by atoms with Crippen molar-refractivity contribution in [2.45, 2.75) is 38.7 Å². The highest BCUT2D eigenvalue weighted by molar-refractivity contribution is 7.88. The predicted octanol–water partition coefficient (Wildman–Crippen LogP) is 3.31. The van der Waals surface area contributed by atoms with E-state index < -0.39 is 22.2 Å². The summed E-state index contributed by atoms with van der Waals surface area (Å²) >= 11 is 1.42. The van der Waals surface area contributed by atoms with E-state index in [4.69, 9.17) is 14.6 Å². The maximum Gasteiger partial charge on any atom is 0.490 e. The van der Waals surface area contributed by atoms with Gasteiger partial charge in [0.15, 0.2) is 0 Å². The van der Waals surface area contributed by atoms with Crippen LogP contribution in [-0.4, -0.2) is 84.9 Å². The number of nitrogens with one attached hydrogen (secondary N) is 3. The zero-order valence-corrected chi connectivity index (χ0v) is 26.5. The average Bonchev–Trinajstić information content (AvgIpc) is 3.53. The molecule has 0 aliphatic carbocycles. The molecule has 0 saturated carbocycles. The minimum Gasteiger partial charge on any atom is -0.475 e. The number of aryl methyl sites for hydroxylation is 1. The number of alkyl halides is 3. The number of benzene rings is 2. The van der Waals surface area contributed by atoms with Gasteiger partial charge in [0.2, 0.25) is 10.0 Å². The van der Waals surface area contributed by atoms with Gasteiger partial charge in [0.05, 0.1) is 34.8 Å². The number of aliphatic carboxylic acids is 1. The van der Waals surface area contributed by atoms with Crippen molar-refractivity contribution in [1.29, 1.82) is 0 Å². The molecule has 0 spiro atoms. The molecule has 244 valence electrons. The van der Waals surface area contributed by atoms with Gasteiger partial charge in [-0.3, -0.25) is 9.48 Å². The highest BCUT2D eigenvalue weighted by Gasteiger charge is 2.38. The molecule has 1 saturated heterocycles. The zero-order valence-electron chi connectivity index (χ0n) is 24.9. The first kappa shape index (κ1) is 33.9. The van der Waals surface area contributed by atoms with E-state index in [1.807, 2.05) is 18.3 Å². The van der Waals surface area contributed by atoms with Gasteiger partial charge in [-0.2, -0.15) is 18.3 Å². The molecule has 0 bridgehead atoms. The number of methoxy groups -OCH3 is 1. The van der Waals surface area contributed by atoms with Crippen LogP contribution in [0.25, 0.3) is 21.1 Å². The van der Waals surface area contributed by atoms with Gasteiger partial charge in [-0.05, 0) is 43.7 Å². The number of piperazine rings is 1. The maximum atomic E-state index is 13.5. The van der Waals surface area contributed by atoms with Crippen LogP contribution in [0, 0.1) is 0 Å². The van der Waals surface area contributed by atoms with Crippen LogP contribution in [0.4, 0.5) is 24.5 Å². The van der Waals surface area contributed by atoms with Gasteiger partial charge < -0.3 is 25.4 Å². The number of carboxylic acid groups (broad SMARTS) is 1. The number of hydrogen-bond acceptors (Lipinski definition) is 10. The third-order valence-corrected chi connectivity index (χ3v) is 8.36. The Morgan fingerprint density at radius 1 is 1.18 bits per heavy atom. The molecule has 3 heterocycles. The Morgan fingerprint density at radius 2 is 1.82 bits per heavy atom. The number of thiazole rings is 1.